The van der Waals surface area contributed by atoms with Gasteiger partial charge in [0.05, 0.1) is 11.1 Å². The lowest BCUT2D eigenvalue weighted by Gasteiger charge is -2.30. The number of rotatable bonds is 1. The van der Waals surface area contributed by atoms with Gasteiger partial charge in [-0.25, -0.2) is 5.10 Å². The van der Waals surface area contributed by atoms with E-state index in [0.717, 1.165) is 16.6 Å². The zero-order chi connectivity index (χ0) is 18.4. The van der Waals surface area contributed by atoms with Gasteiger partial charge in [-0.15, -0.1) is 0 Å². The van der Waals surface area contributed by atoms with Gasteiger partial charge < -0.3 is 0 Å². The van der Waals surface area contributed by atoms with Crippen LogP contribution in [-0.4, -0.2) is 10.2 Å². The van der Waals surface area contributed by atoms with Crippen molar-refractivity contribution in [2.75, 3.05) is 0 Å². The summed E-state index contributed by atoms with van der Waals surface area (Å²) in [4.78, 5) is 12.2. The van der Waals surface area contributed by atoms with E-state index in [1.165, 1.54) is 11.1 Å². The molecule has 25 heavy (non-hydrogen) atoms. The fraction of sp³-hybridized carbons (Fsp3) is 0.364. The summed E-state index contributed by atoms with van der Waals surface area (Å²) < 4.78 is 0. The van der Waals surface area contributed by atoms with Gasteiger partial charge in [-0.3, -0.25) is 4.79 Å². The first kappa shape index (κ1) is 17.4. The average Bonchev–Trinajstić information content (AvgIpc) is 2.53. The zero-order valence-corrected chi connectivity index (χ0v) is 15.9. The minimum absolute atomic E-state index is 0.0322. The first-order chi connectivity index (χ1) is 11.6. The van der Waals surface area contributed by atoms with Crippen LogP contribution < -0.4 is 5.56 Å². The standard InChI is InChI=1S/C22H26N2O/c1-21(2,3)16-12-9-13-17(22(4,5)6)18(16)19-14-10-7-8-11-15(14)20(25)24-23-19/h7-13H,1-6H3,(H,24,25). The molecule has 1 heterocycles. The Balaban J connectivity index is 2.50. The number of H-pyrrole nitrogens is 1. The number of hydrogen-bond donors (Lipinski definition) is 1. The van der Waals surface area contributed by atoms with Gasteiger partial charge >= 0.3 is 0 Å². The predicted molar refractivity (Wildman–Crippen MR) is 105 cm³/mol. The molecule has 0 radical (unpaired) electrons. The monoisotopic (exact) mass is 334 g/mol. The lowest BCUT2D eigenvalue weighted by molar-refractivity contribution is 0.571. The maximum atomic E-state index is 12.2. The highest BCUT2D eigenvalue weighted by atomic mass is 16.1. The van der Waals surface area contributed by atoms with Crippen LogP contribution in [-0.2, 0) is 10.8 Å². The number of nitrogens with one attached hydrogen (secondary N) is 1. The molecule has 130 valence electrons. The Bertz CT molecular complexity index is 953. The Kier molecular flexibility index (Phi) is 4.06. The van der Waals surface area contributed by atoms with E-state index in [9.17, 15) is 4.79 Å². The molecule has 0 aliphatic heterocycles. The van der Waals surface area contributed by atoms with Gasteiger partial charge in [-0.1, -0.05) is 77.9 Å². The summed E-state index contributed by atoms with van der Waals surface area (Å²) in [5, 5.41) is 8.75. The number of fused-ring (bicyclic) bond motifs is 1. The van der Waals surface area contributed by atoms with Gasteiger partial charge in [-0.05, 0) is 28.0 Å². The third-order valence-corrected chi connectivity index (χ3v) is 4.61. The smallest absolute Gasteiger partial charge is 0.267 e. The third-order valence-electron chi connectivity index (χ3n) is 4.61. The number of aromatic amines is 1. The van der Waals surface area contributed by atoms with Crippen LogP contribution >= 0.6 is 0 Å². The van der Waals surface area contributed by atoms with E-state index in [0.29, 0.717) is 5.39 Å². The fourth-order valence-corrected chi connectivity index (χ4v) is 3.36. The van der Waals surface area contributed by atoms with Crippen LogP contribution in [0.25, 0.3) is 22.0 Å². The van der Waals surface area contributed by atoms with Crippen molar-refractivity contribution in [3.8, 4) is 11.3 Å². The predicted octanol–water partition coefficient (Wildman–Crippen LogP) is 5.19. The maximum absolute atomic E-state index is 12.2. The number of nitrogens with zero attached hydrogens (tertiary/aromatic N) is 1. The summed E-state index contributed by atoms with van der Waals surface area (Å²) in [5.74, 6) is 0. The Morgan fingerprint density at radius 2 is 1.28 bits per heavy atom. The molecule has 0 aliphatic rings. The highest BCUT2D eigenvalue weighted by Crippen LogP contribution is 2.41. The van der Waals surface area contributed by atoms with Gasteiger partial charge in [0.25, 0.3) is 5.56 Å². The molecular formula is C22H26N2O. The second-order valence-corrected chi connectivity index (χ2v) is 8.68. The Hall–Kier alpha value is -2.42. The highest BCUT2D eigenvalue weighted by molar-refractivity contribution is 5.95. The van der Waals surface area contributed by atoms with Crippen LogP contribution in [0.3, 0.4) is 0 Å². The van der Waals surface area contributed by atoms with Gasteiger partial charge in [-0.2, -0.15) is 5.10 Å². The third kappa shape index (κ3) is 3.11. The quantitative estimate of drug-likeness (QED) is 0.666. The van der Waals surface area contributed by atoms with E-state index in [4.69, 9.17) is 0 Å². The molecule has 0 amide bonds. The van der Waals surface area contributed by atoms with Crippen molar-refractivity contribution in [3.05, 3.63) is 63.9 Å². The highest BCUT2D eigenvalue weighted by Gasteiger charge is 2.27. The topological polar surface area (TPSA) is 45.8 Å². The maximum Gasteiger partial charge on any atom is 0.272 e. The van der Waals surface area contributed by atoms with Gasteiger partial charge in [0.2, 0.25) is 0 Å². The molecule has 2 aromatic carbocycles. The summed E-state index contributed by atoms with van der Waals surface area (Å²) in [6.07, 6.45) is 0. The van der Waals surface area contributed by atoms with Crippen LogP contribution in [0, 0.1) is 0 Å². The van der Waals surface area contributed by atoms with Crippen molar-refractivity contribution in [2.45, 2.75) is 52.4 Å². The van der Waals surface area contributed by atoms with Crippen molar-refractivity contribution >= 4 is 10.8 Å². The Morgan fingerprint density at radius 1 is 0.760 bits per heavy atom. The number of aromatic nitrogens is 2. The summed E-state index contributed by atoms with van der Waals surface area (Å²) in [6.45, 7) is 13.3. The molecule has 0 fully saturated rings. The summed E-state index contributed by atoms with van der Waals surface area (Å²) >= 11 is 0. The van der Waals surface area contributed by atoms with Crippen LogP contribution in [0.4, 0.5) is 0 Å². The van der Waals surface area contributed by atoms with E-state index in [1.54, 1.807) is 0 Å². The van der Waals surface area contributed by atoms with E-state index in [2.05, 4.69) is 69.9 Å². The zero-order valence-electron chi connectivity index (χ0n) is 15.9. The molecule has 0 unspecified atom stereocenters. The molecule has 3 heteroatoms. The van der Waals surface area contributed by atoms with Crippen molar-refractivity contribution in [3.63, 3.8) is 0 Å². The van der Waals surface area contributed by atoms with Crippen molar-refractivity contribution < 1.29 is 0 Å². The lowest BCUT2D eigenvalue weighted by Crippen LogP contribution is -2.20. The second-order valence-electron chi connectivity index (χ2n) is 8.68. The minimum Gasteiger partial charge on any atom is -0.267 e. The van der Waals surface area contributed by atoms with Crippen LogP contribution in [0.15, 0.2) is 47.3 Å². The minimum atomic E-state index is -0.148. The second kappa shape index (κ2) is 5.83. The number of benzene rings is 2. The summed E-state index contributed by atoms with van der Waals surface area (Å²) in [6, 6.07) is 14.2. The van der Waals surface area contributed by atoms with Gasteiger partial charge in [0, 0.05) is 10.9 Å². The summed E-state index contributed by atoms with van der Waals surface area (Å²) in [5.41, 5.74) is 4.25. The van der Waals surface area contributed by atoms with Crippen molar-refractivity contribution in [1.82, 2.24) is 10.2 Å². The molecule has 1 N–H and O–H groups in total. The molecule has 0 saturated heterocycles. The Morgan fingerprint density at radius 3 is 1.80 bits per heavy atom. The summed E-state index contributed by atoms with van der Waals surface area (Å²) in [7, 11) is 0. The Labute approximate surface area is 149 Å². The molecule has 3 rings (SSSR count). The van der Waals surface area contributed by atoms with Crippen LogP contribution in [0.2, 0.25) is 0 Å². The van der Waals surface area contributed by atoms with E-state index in [-0.39, 0.29) is 16.4 Å². The van der Waals surface area contributed by atoms with E-state index < -0.39 is 0 Å². The first-order valence-electron chi connectivity index (χ1n) is 8.72. The average molecular weight is 334 g/mol. The SMILES string of the molecule is CC(C)(C)c1cccc(C(C)(C)C)c1-c1n[nH]c(=O)c2ccccc12. The molecule has 0 bridgehead atoms. The molecule has 0 atom stereocenters. The molecule has 0 saturated carbocycles. The van der Waals surface area contributed by atoms with Gasteiger partial charge in [0.1, 0.15) is 0 Å². The normalized spacial score (nSPS) is 12.6. The van der Waals surface area contributed by atoms with Crippen LogP contribution in [0.1, 0.15) is 52.7 Å². The molecular weight excluding hydrogens is 308 g/mol. The molecule has 1 aromatic heterocycles. The van der Waals surface area contributed by atoms with Crippen molar-refractivity contribution in [2.24, 2.45) is 0 Å². The van der Waals surface area contributed by atoms with Crippen LogP contribution in [0.5, 0.6) is 0 Å². The molecule has 0 aliphatic carbocycles. The van der Waals surface area contributed by atoms with E-state index in [1.807, 2.05) is 24.3 Å². The van der Waals surface area contributed by atoms with Crippen molar-refractivity contribution in [1.29, 1.82) is 0 Å². The largest absolute Gasteiger partial charge is 0.272 e. The lowest BCUT2D eigenvalue weighted by atomic mass is 9.75. The molecule has 3 aromatic rings. The number of hydrogen-bond acceptors (Lipinski definition) is 2. The van der Waals surface area contributed by atoms with Gasteiger partial charge in [0.15, 0.2) is 0 Å². The molecule has 3 nitrogen and oxygen atoms in total. The first-order valence-corrected chi connectivity index (χ1v) is 8.72. The molecule has 0 spiro atoms. The fourth-order valence-electron chi connectivity index (χ4n) is 3.36. The van der Waals surface area contributed by atoms with E-state index >= 15 is 0 Å².